The van der Waals surface area contributed by atoms with Crippen molar-refractivity contribution in [3.05, 3.63) is 53.5 Å². The Labute approximate surface area is 183 Å². The molecule has 2 atom stereocenters. The van der Waals surface area contributed by atoms with E-state index >= 15 is 0 Å². The second-order valence-electron chi connectivity index (χ2n) is 9.10. The van der Waals surface area contributed by atoms with Gasteiger partial charge in [-0.3, -0.25) is 4.90 Å². The second kappa shape index (κ2) is 7.45. The van der Waals surface area contributed by atoms with Crippen molar-refractivity contribution in [2.24, 2.45) is 11.8 Å². The molecule has 6 rings (SSSR count). The number of H-pyrrole nitrogens is 1. The fourth-order valence-corrected chi connectivity index (χ4v) is 5.31. The molecular formula is C23H24F3N5O. The first-order chi connectivity index (χ1) is 15.5. The molecule has 2 N–H and O–H groups in total. The molecule has 2 saturated heterocycles. The molecule has 1 aromatic carbocycles. The molecule has 9 heteroatoms. The van der Waals surface area contributed by atoms with Gasteiger partial charge in [-0.05, 0) is 36.0 Å². The topological polar surface area (TPSA) is 66.1 Å². The van der Waals surface area contributed by atoms with Crippen LogP contribution >= 0.6 is 0 Å². The first kappa shape index (κ1) is 20.0. The van der Waals surface area contributed by atoms with Crippen molar-refractivity contribution in [3.63, 3.8) is 0 Å². The number of nitrogens with zero attached hydrogens (tertiary/aromatic N) is 3. The van der Waals surface area contributed by atoms with Crippen molar-refractivity contribution in [2.75, 3.05) is 31.6 Å². The zero-order chi connectivity index (χ0) is 21.9. The van der Waals surface area contributed by atoms with E-state index in [1.165, 1.54) is 17.5 Å². The highest BCUT2D eigenvalue weighted by Gasteiger charge is 2.44. The van der Waals surface area contributed by atoms with E-state index in [0.29, 0.717) is 23.0 Å². The molecule has 6 nitrogen and oxygen atoms in total. The summed E-state index contributed by atoms with van der Waals surface area (Å²) in [5.74, 6) is 1.76. The van der Waals surface area contributed by atoms with Crippen LogP contribution in [0, 0.1) is 11.8 Å². The Balaban J connectivity index is 1.32. The molecule has 0 spiro atoms. The van der Waals surface area contributed by atoms with Gasteiger partial charge in [0.05, 0.1) is 24.6 Å². The van der Waals surface area contributed by atoms with Crippen molar-refractivity contribution in [3.8, 4) is 0 Å². The van der Waals surface area contributed by atoms with E-state index in [9.17, 15) is 13.2 Å². The first-order valence-corrected chi connectivity index (χ1v) is 11.0. The number of aromatic nitrogens is 3. The number of anilines is 1. The summed E-state index contributed by atoms with van der Waals surface area (Å²) in [5.41, 5.74) is 1.84. The number of nitrogens with one attached hydrogen (secondary N) is 2. The highest BCUT2D eigenvalue weighted by molar-refractivity contribution is 5.88. The lowest BCUT2D eigenvalue weighted by atomic mass is 9.78. The van der Waals surface area contributed by atoms with Crippen LogP contribution in [0.15, 0.2) is 36.7 Å². The number of halogens is 3. The Morgan fingerprint density at radius 2 is 1.91 bits per heavy atom. The molecule has 2 aromatic heterocycles. The molecule has 32 heavy (non-hydrogen) atoms. The summed E-state index contributed by atoms with van der Waals surface area (Å²) in [5, 5.41) is 3.87. The Kier molecular flexibility index (Phi) is 4.65. The number of aromatic amines is 1. The average molecular weight is 443 g/mol. The molecule has 4 heterocycles. The van der Waals surface area contributed by atoms with Crippen LogP contribution in [-0.2, 0) is 17.3 Å². The molecule has 0 amide bonds. The number of benzene rings is 1. The Morgan fingerprint density at radius 1 is 1.09 bits per heavy atom. The molecule has 0 saturated carbocycles. The minimum atomic E-state index is -4.46. The van der Waals surface area contributed by atoms with Crippen molar-refractivity contribution < 1.29 is 17.9 Å². The van der Waals surface area contributed by atoms with Crippen molar-refractivity contribution in [1.82, 2.24) is 19.9 Å². The zero-order valence-corrected chi connectivity index (χ0v) is 17.4. The maximum atomic E-state index is 13.3. The van der Waals surface area contributed by atoms with Crippen LogP contribution in [0.4, 0.5) is 19.0 Å². The number of alkyl halides is 3. The molecule has 3 aliphatic rings. The number of likely N-dealkylation sites (tertiary alicyclic amines) is 1. The molecule has 2 unspecified atom stereocenters. The molecule has 2 fully saturated rings. The number of aryl methyl sites for hydroxylation is 1. The Bertz CT molecular complexity index is 1140. The zero-order valence-electron chi connectivity index (χ0n) is 17.4. The third-order valence-corrected chi connectivity index (χ3v) is 7.25. The standard InChI is InChI=1S/C23H24F3N5O/c24-23(25,26)19-7-17-21(29-19)27-12-28-22(17)30-20-16-4-2-1-3-13(16)5-6-18(20)31-8-14(9-31)15-10-32-11-15/h1-4,7,12,14-15,18,20H,5-6,8-11H2,(H2,27,28,29,30). The van der Waals surface area contributed by atoms with Gasteiger partial charge < -0.3 is 15.0 Å². The van der Waals surface area contributed by atoms with Gasteiger partial charge in [0, 0.05) is 25.0 Å². The van der Waals surface area contributed by atoms with Gasteiger partial charge in [-0.15, -0.1) is 0 Å². The molecule has 3 aromatic rings. The third kappa shape index (κ3) is 3.34. The summed E-state index contributed by atoms with van der Waals surface area (Å²) in [6, 6.07) is 9.61. The van der Waals surface area contributed by atoms with E-state index in [2.05, 4.69) is 37.3 Å². The fourth-order valence-electron chi connectivity index (χ4n) is 5.31. The van der Waals surface area contributed by atoms with E-state index in [1.54, 1.807) is 0 Å². The fraction of sp³-hybridized carbons (Fsp3) is 0.478. The molecular weight excluding hydrogens is 419 g/mol. The molecule has 0 radical (unpaired) electrons. The minimum Gasteiger partial charge on any atom is -0.381 e. The summed E-state index contributed by atoms with van der Waals surface area (Å²) < 4.78 is 45.1. The van der Waals surface area contributed by atoms with Gasteiger partial charge in [-0.2, -0.15) is 13.2 Å². The second-order valence-corrected chi connectivity index (χ2v) is 9.10. The molecule has 1 aliphatic carbocycles. The van der Waals surface area contributed by atoms with Crippen LogP contribution in [0.2, 0.25) is 0 Å². The van der Waals surface area contributed by atoms with Gasteiger partial charge in [-0.1, -0.05) is 24.3 Å². The van der Waals surface area contributed by atoms with Gasteiger partial charge in [0.1, 0.15) is 23.5 Å². The number of rotatable bonds is 4. The Hall–Kier alpha value is -2.65. The van der Waals surface area contributed by atoms with Crippen molar-refractivity contribution in [2.45, 2.75) is 31.1 Å². The lowest BCUT2D eigenvalue weighted by Gasteiger charge is -2.52. The predicted octanol–water partition coefficient (Wildman–Crippen LogP) is 4.02. The summed E-state index contributed by atoms with van der Waals surface area (Å²) >= 11 is 0. The monoisotopic (exact) mass is 443 g/mol. The normalized spacial score (nSPS) is 24.7. The van der Waals surface area contributed by atoms with Gasteiger partial charge in [0.2, 0.25) is 0 Å². The summed E-state index contributed by atoms with van der Waals surface area (Å²) in [7, 11) is 0. The van der Waals surface area contributed by atoms with E-state index in [4.69, 9.17) is 4.74 Å². The lowest BCUT2D eigenvalue weighted by Crippen LogP contribution is -2.60. The van der Waals surface area contributed by atoms with Crippen LogP contribution < -0.4 is 5.32 Å². The van der Waals surface area contributed by atoms with E-state index in [-0.39, 0.29) is 17.7 Å². The minimum absolute atomic E-state index is 0.0547. The van der Waals surface area contributed by atoms with Gasteiger partial charge in [-0.25, -0.2) is 9.97 Å². The van der Waals surface area contributed by atoms with E-state index in [1.807, 2.05) is 12.1 Å². The molecule has 2 aliphatic heterocycles. The van der Waals surface area contributed by atoms with Gasteiger partial charge >= 0.3 is 6.18 Å². The van der Waals surface area contributed by atoms with Crippen LogP contribution in [0.25, 0.3) is 11.0 Å². The van der Waals surface area contributed by atoms with E-state index in [0.717, 1.165) is 45.2 Å². The summed E-state index contributed by atoms with van der Waals surface area (Å²) in [4.78, 5) is 13.2. The number of ether oxygens (including phenoxy) is 1. The maximum absolute atomic E-state index is 13.3. The number of hydrogen-bond acceptors (Lipinski definition) is 5. The van der Waals surface area contributed by atoms with Gasteiger partial charge in [0.15, 0.2) is 0 Å². The Morgan fingerprint density at radius 3 is 2.66 bits per heavy atom. The molecule has 0 bridgehead atoms. The van der Waals surface area contributed by atoms with Gasteiger partial charge in [0.25, 0.3) is 0 Å². The first-order valence-electron chi connectivity index (χ1n) is 11.0. The van der Waals surface area contributed by atoms with Crippen LogP contribution in [0.3, 0.4) is 0 Å². The summed E-state index contributed by atoms with van der Waals surface area (Å²) in [6.45, 7) is 3.81. The van der Waals surface area contributed by atoms with Crippen LogP contribution in [-0.4, -0.2) is 52.2 Å². The van der Waals surface area contributed by atoms with Crippen LogP contribution in [0.1, 0.15) is 29.3 Å². The maximum Gasteiger partial charge on any atom is 0.431 e. The quantitative estimate of drug-likeness (QED) is 0.638. The number of hydrogen-bond donors (Lipinski definition) is 2. The largest absolute Gasteiger partial charge is 0.431 e. The van der Waals surface area contributed by atoms with E-state index < -0.39 is 11.9 Å². The summed E-state index contributed by atoms with van der Waals surface area (Å²) in [6.07, 6.45) is -1.16. The van der Waals surface area contributed by atoms with Crippen molar-refractivity contribution >= 4 is 16.9 Å². The molecule has 168 valence electrons. The smallest absolute Gasteiger partial charge is 0.381 e. The predicted molar refractivity (Wildman–Crippen MR) is 113 cm³/mol. The average Bonchev–Trinajstić information content (AvgIpc) is 3.15. The third-order valence-electron chi connectivity index (χ3n) is 7.25. The lowest BCUT2D eigenvalue weighted by molar-refractivity contribution is -0.140. The highest BCUT2D eigenvalue weighted by Crippen LogP contribution is 2.41. The van der Waals surface area contributed by atoms with Crippen LogP contribution in [0.5, 0.6) is 0 Å². The highest BCUT2D eigenvalue weighted by atomic mass is 19.4. The SMILES string of the molecule is FC(F)(F)c1cc2c(NC3c4ccccc4CCC3N3CC(C4COC4)C3)ncnc2[nH]1. The number of fused-ring (bicyclic) bond motifs is 2. The van der Waals surface area contributed by atoms with Crippen molar-refractivity contribution in [1.29, 1.82) is 0 Å².